The average molecular weight is 214 g/mol. The summed E-state index contributed by atoms with van der Waals surface area (Å²) < 4.78 is 5.72. The second-order valence-electron chi connectivity index (χ2n) is 2.13. The third-order valence-corrected chi connectivity index (χ3v) is 1.76. The smallest absolute Gasteiger partial charge is 0.180 e. The second-order valence-corrected chi connectivity index (χ2v) is 2.91. The van der Waals surface area contributed by atoms with Gasteiger partial charge < -0.3 is 9.52 Å². The summed E-state index contributed by atoms with van der Waals surface area (Å²) in [5.74, 6) is 0.0631. The number of halogens is 1. The van der Waals surface area contributed by atoms with Gasteiger partial charge in [0.2, 0.25) is 0 Å². The fourth-order valence-electron chi connectivity index (χ4n) is 0.917. The van der Waals surface area contributed by atoms with Gasteiger partial charge in [-0.1, -0.05) is 0 Å². The molecule has 0 spiro atoms. The van der Waals surface area contributed by atoms with Crippen molar-refractivity contribution in [2.24, 2.45) is 0 Å². The maximum atomic E-state index is 9.21. The summed E-state index contributed by atoms with van der Waals surface area (Å²) >= 11 is 3.15. The Balaban J connectivity index is 2.90. The van der Waals surface area contributed by atoms with Crippen molar-refractivity contribution in [3.8, 4) is 5.75 Å². The lowest BCUT2D eigenvalue weighted by Crippen LogP contribution is -1.69. The van der Waals surface area contributed by atoms with Crippen molar-refractivity contribution in [2.75, 3.05) is 0 Å². The van der Waals surface area contributed by atoms with Crippen LogP contribution in [0.2, 0.25) is 0 Å². The van der Waals surface area contributed by atoms with Crippen LogP contribution < -0.4 is 0 Å². The average Bonchev–Trinajstić information content (AvgIpc) is 2.31. The molecule has 11 heavy (non-hydrogen) atoms. The molecule has 0 fully saturated rings. The van der Waals surface area contributed by atoms with Crippen LogP contribution >= 0.6 is 15.9 Å². The molecule has 0 atom stereocenters. The molecule has 56 valence electrons. The lowest BCUT2D eigenvalue weighted by molar-refractivity contribution is 0.460. The summed E-state index contributed by atoms with van der Waals surface area (Å²) in [4.78, 5) is 3.79. The summed E-state index contributed by atoms with van der Waals surface area (Å²) in [6.45, 7) is 0. The fourth-order valence-corrected chi connectivity index (χ4v) is 1.33. The molecule has 2 aromatic rings. The second kappa shape index (κ2) is 2.23. The van der Waals surface area contributed by atoms with Crippen molar-refractivity contribution >= 4 is 26.9 Å². The first kappa shape index (κ1) is 6.67. The first-order chi connectivity index (χ1) is 5.27. The van der Waals surface area contributed by atoms with Gasteiger partial charge in [-0.2, -0.15) is 0 Å². The molecular weight excluding hydrogens is 210 g/mol. The molecule has 0 aromatic carbocycles. The highest BCUT2D eigenvalue weighted by atomic mass is 79.9. The van der Waals surface area contributed by atoms with E-state index in [-0.39, 0.29) is 5.75 Å². The first-order valence-corrected chi connectivity index (χ1v) is 3.78. The van der Waals surface area contributed by atoms with Crippen molar-refractivity contribution < 1.29 is 9.52 Å². The van der Waals surface area contributed by atoms with E-state index < -0.39 is 0 Å². The number of aromatic hydroxyl groups is 1. The highest BCUT2D eigenvalue weighted by Gasteiger charge is 2.04. The molecule has 2 aromatic heterocycles. The van der Waals surface area contributed by atoms with Gasteiger partial charge in [0.1, 0.15) is 0 Å². The fraction of sp³-hybridized carbons (Fsp3) is 0. The molecule has 3 nitrogen and oxygen atoms in total. The molecule has 0 aliphatic heterocycles. The number of hydrogen-bond donors (Lipinski definition) is 1. The van der Waals surface area contributed by atoms with E-state index in [1.54, 1.807) is 12.3 Å². The standard InChI is InChI=1S/C7H4BrNO2/c8-6-1-4-2-9-3-5(10)7(4)11-6/h1-3,10H. The van der Waals surface area contributed by atoms with Crippen LogP contribution in [0.15, 0.2) is 27.5 Å². The molecule has 2 rings (SSSR count). The van der Waals surface area contributed by atoms with Crippen molar-refractivity contribution in [3.05, 3.63) is 23.1 Å². The summed E-state index contributed by atoms with van der Waals surface area (Å²) in [5.41, 5.74) is 0.465. The van der Waals surface area contributed by atoms with E-state index in [0.29, 0.717) is 10.3 Å². The molecule has 0 radical (unpaired) electrons. The lowest BCUT2D eigenvalue weighted by atomic mass is 10.3. The van der Waals surface area contributed by atoms with Crippen LogP contribution in [-0.4, -0.2) is 10.1 Å². The zero-order valence-corrected chi connectivity index (χ0v) is 7.00. The third kappa shape index (κ3) is 0.991. The van der Waals surface area contributed by atoms with Gasteiger partial charge in [0.05, 0.1) is 6.20 Å². The quantitative estimate of drug-likeness (QED) is 0.731. The van der Waals surface area contributed by atoms with E-state index in [1.807, 2.05) is 0 Å². The molecule has 0 bridgehead atoms. The maximum Gasteiger partial charge on any atom is 0.180 e. The van der Waals surface area contributed by atoms with Crippen molar-refractivity contribution in [1.29, 1.82) is 0 Å². The third-order valence-electron chi connectivity index (χ3n) is 1.37. The highest BCUT2D eigenvalue weighted by molar-refractivity contribution is 9.10. The minimum Gasteiger partial charge on any atom is -0.503 e. The number of furan rings is 1. The Morgan fingerprint density at radius 3 is 3.00 bits per heavy atom. The van der Waals surface area contributed by atoms with Gasteiger partial charge in [-0.05, 0) is 15.9 Å². The van der Waals surface area contributed by atoms with Crippen molar-refractivity contribution in [2.45, 2.75) is 0 Å². The predicted octanol–water partition coefficient (Wildman–Crippen LogP) is 2.30. The van der Waals surface area contributed by atoms with Crippen LogP contribution in [0.5, 0.6) is 5.75 Å². The van der Waals surface area contributed by atoms with E-state index in [4.69, 9.17) is 4.42 Å². The lowest BCUT2D eigenvalue weighted by Gasteiger charge is -1.89. The Morgan fingerprint density at radius 1 is 1.45 bits per heavy atom. The molecular formula is C7H4BrNO2. The van der Waals surface area contributed by atoms with E-state index in [0.717, 1.165) is 5.39 Å². The summed E-state index contributed by atoms with van der Waals surface area (Å²) in [6, 6.07) is 1.75. The van der Waals surface area contributed by atoms with Crippen LogP contribution in [0.1, 0.15) is 0 Å². The number of pyridine rings is 1. The van der Waals surface area contributed by atoms with Gasteiger partial charge >= 0.3 is 0 Å². The number of hydrogen-bond acceptors (Lipinski definition) is 3. The van der Waals surface area contributed by atoms with Crippen LogP contribution in [0.4, 0.5) is 0 Å². The Hall–Kier alpha value is -1.03. The van der Waals surface area contributed by atoms with Crippen LogP contribution in [-0.2, 0) is 0 Å². The van der Waals surface area contributed by atoms with Gasteiger partial charge in [0.15, 0.2) is 16.0 Å². The highest BCUT2D eigenvalue weighted by Crippen LogP contribution is 2.28. The number of rotatable bonds is 0. The molecule has 0 aliphatic carbocycles. The molecule has 0 aliphatic rings. The van der Waals surface area contributed by atoms with Crippen molar-refractivity contribution in [1.82, 2.24) is 4.98 Å². The molecule has 1 N–H and O–H groups in total. The molecule has 0 saturated carbocycles. The zero-order valence-electron chi connectivity index (χ0n) is 5.41. The van der Waals surface area contributed by atoms with Crippen LogP contribution in [0, 0.1) is 0 Å². The van der Waals surface area contributed by atoms with Gasteiger partial charge in [0, 0.05) is 17.6 Å². The van der Waals surface area contributed by atoms with Gasteiger partial charge in [-0.25, -0.2) is 0 Å². The molecule has 2 heterocycles. The largest absolute Gasteiger partial charge is 0.503 e. The Bertz CT molecular complexity index is 396. The minimum atomic E-state index is 0.0631. The number of nitrogens with zero attached hydrogens (tertiary/aromatic N) is 1. The SMILES string of the molecule is Oc1cncc2cc(Br)oc12. The Labute approximate surface area is 70.8 Å². The van der Waals surface area contributed by atoms with Gasteiger partial charge in [-0.15, -0.1) is 0 Å². The molecule has 0 saturated heterocycles. The van der Waals surface area contributed by atoms with E-state index in [9.17, 15) is 5.11 Å². The Morgan fingerprint density at radius 2 is 2.27 bits per heavy atom. The van der Waals surface area contributed by atoms with E-state index in [1.165, 1.54) is 6.20 Å². The summed E-state index contributed by atoms with van der Waals surface area (Å²) in [6.07, 6.45) is 2.97. The van der Waals surface area contributed by atoms with Gasteiger partial charge in [0.25, 0.3) is 0 Å². The maximum absolute atomic E-state index is 9.21. The normalized spacial score (nSPS) is 10.6. The van der Waals surface area contributed by atoms with Crippen molar-refractivity contribution in [3.63, 3.8) is 0 Å². The topological polar surface area (TPSA) is 46.3 Å². The minimum absolute atomic E-state index is 0.0631. The number of aromatic nitrogens is 1. The number of fused-ring (bicyclic) bond motifs is 1. The van der Waals surface area contributed by atoms with E-state index >= 15 is 0 Å². The summed E-state index contributed by atoms with van der Waals surface area (Å²) in [5, 5.41) is 10.00. The van der Waals surface area contributed by atoms with E-state index in [2.05, 4.69) is 20.9 Å². The molecule has 0 unspecified atom stereocenters. The monoisotopic (exact) mass is 213 g/mol. The van der Waals surface area contributed by atoms with Crippen LogP contribution in [0.3, 0.4) is 0 Å². The zero-order chi connectivity index (χ0) is 7.84. The molecule has 4 heteroatoms. The van der Waals surface area contributed by atoms with Crippen LogP contribution in [0.25, 0.3) is 11.0 Å². The first-order valence-electron chi connectivity index (χ1n) is 2.99. The summed E-state index contributed by atoms with van der Waals surface area (Å²) in [7, 11) is 0. The predicted molar refractivity (Wildman–Crippen MR) is 43.4 cm³/mol. The molecule has 0 amide bonds. The van der Waals surface area contributed by atoms with Gasteiger partial charge in [-0.3, -0.25) is 4.98 Å². The Kier molecular flexibility index (Phi) is 1.35.